The molecular weight excluding hydrogens is 316 g/mol. The van der Waals surface area contributed by atoms with Gasteiger partial charge in [-0.3, -0.25) is 9.38 Å². The van der Waals surface area contributed by atoms with E-state index in [-0.39, 0.29) is 0 Å². The van der Waals surface area contributed by atoms with Crippen molar-refractivity contribution in [3.8, 4) is 34.1 Å². The Morgan fingerprint density at radius 3 is 2.24 bits per heavy atom. The van der Waals surface area contributed by atoms with Gasteiger partial charge < -0.3 is 9.47 Å². The van der Waals surface area contributed by atoms with E-state index in [1.807, 2.05) is 53.2 Å². The second-order valence-electron chi connectivity index (χ2n) is 5.46. The van der Waals surface area contributed by atoms with Crippen molar-refractivity contribution in [2.75, 3.05) is 14.2 Å². The molecule has 0 N–H and O–H groups in total. The number of fused-ring (bicyclic) bond motifs is 1. The summed E-state index contributed by atoms with van der Waals surface area (Å²) in [7, 11) is 3.25. The van der Waals surface area contributed by atoms with Crippen LogP contribution in [0.5, 0.6) is 11.6 Å². The maximum atomic E-state index is 5.22. The van der Waals surface area contributed by atoms with Crippen molar-refractivity contribution in [1.29, 1.82) is 0 Å². The number of hydrogen-bond donors (Lipinski definition) is 0. The number of hydrogen-bond acceptors (Lipinski definition) is 5. The van der Waals surface area contributed by atoms with Crippen LogP contribution in [0, 0.1) is 0 Å². The number of ether oxygens (including phenoxy) is 2. The third-order valence-corrected chi connectivity index (χ3v) is 4.02. The summed E-state index contributed by atoms with van der Waals surface area (Å²) in [4.78, 5) is 13.2. The summed E-state index contributed by atoms with van der Waals surface area (Å²) in [5.41, 5.74) is 4.56. The molecule has 0 aliphatic carbocycles. The van der Waals surface area contributed by atoms with Crippen LogP contribution in [0.2, 0.25) is 0 Å². The summed E-state index contributed by atoms with van der Waals surface area (Å²) in [6.45, 7) is 0. The molecule has 0 amide bonds. The summed E-state index contributed by atoms with van der Waals surface area (Å²) >= 11 is 0. The molecule has 4 aromatic rings. The number of benzene rings is 1. The molecule has 6 heteroatoms. The van der Waals surface area contributed by atoms with E-state index in [1.54, 1.807) is 26.6 Å². The van der Waals surface area contributed by atoms with Crippen LogP contribution in [-0.4, -0.2) is 33.6 Å². The molecule has 0 radical (unpaired) electrons. The molecule has 4 rings (SSSR count). The predicted molar refractivity (Wildman–Crippen MR) is 94.8 cm³/mol. The van der Waals surface area contributed by atoms with Gasteiger partial charge in [-0.1, -0.05) is 0 Å². The Kier molecular flexibility index (Phi) is 3.78. The lowest BCUT2D eigenvalue weighted by atomic mass is 10.1. The fourth-order valence-electron chi connectivity index (χ4n) is 2.67. The Morgan fingerprint density at radius 2 is 1.56 bits per heavy atom. The van der Waals surface area contributed by atoms with Crippen LogP contribution < -0.4 is 9.47 Å². The smallest absolute Gasteiger partial charge is 0.212 e. The molecule has 0 aliphatic rings. The minimum absolute atomic E-state index is 0.575. The molecule has 0 aliphatic heterocycles. The largest absolute Gasteiger partial charge is 0.497 e. The lowest BCUT2D eigenvalue weighted by Crippen LogP contribution is -1.94. The van der Waals surface area contributed by atoms with Gasteiger partial charge in [0.2, 0.25) is 5.88 Å². The van der Waals surface area contributed by atoms with Crippen LogP contribution in [0.15, 0.2) is 61.2 Å². The zero-order valence-electron chi connectivity index (χ0n) is 13.9. The number of rotatable bonds is 4. The van der Waals surface area contributed by atoms with Gasteiger partial charge in [-0.2, -0.15) is 0 Å². The molecule has 0 atom stereocenters. The Bertz CT molecular complexity index is 1010. The van der Waals surface area contributed by atoms with E-state index in [0.29, 0.717) is 5.88 Å². The lowest BCUT2D eigenvalue weighted by molar-refractivity contribution is 0.398. The highest BCUT2D eigenvalue weighted by molar-refractivity contribution is 5.66. The van der Waals surface area contributed by atoms with Crippen LogP contribution in [0.1, 0.15) is 0 Å². The van der Waals surface area contributed by atoms with Crippen molar-refractivity contribution in [3.05, 3.63) is 61.2 Å². The molecule has 0 fully saturated rings. The first-order chi connectivity index (χ1) is 12.3. The van der Waals surface area contributed by atoms with Crippen LogP contribution in [0.25, 0.3) is 28.2 Å². The third kappa shape index (κ3) is 2.78. The van der Waals surface area contributed by atoms with Crippen LogP contribution >= 0.6 is 0 Å². The van der Waals surface area contributed by atoms with Gasteiger partial charge >= 0.3 is 0 Å². The normalized spacial score (nSPS) is 10.8. The molecule has 0 spiro atoms. The minimum atomic E-state index is 0.575. The molecule has 0 bridgehead atoms. The third-order valence-electron chi connectivity index (χ3n) is 4.02. The first kappa shape index (κ1) is 15.1. The van der Waals surface area contributed by atoms with Crippen molar-refractivity contribution in [2.45, 2.75) is 0 Å². The molecule has 3 heterocycles. The summed E-state index contributed by atoms with van der Waals surface area (Å²) in [6.07, 6.45) is 7.31. The molecule has 124 valence electrons. The first-order valence-electron chi connectivity index (χ1n) is 7.76. The summed E-state index contributed by atoms with van der Waals surface area (Å²) in [5.74, 6) is 1.40. The summed E-state index contributed by atoms with van der Waals surface area (Å²) in [6, 6.07) is 11.6. The van der Waals surface area contributed by atoms with Gasteiger partial charge in [-0.15, -0.1) is 0 Å². The van der Waals surface area contributed by atoms with Gasteiger partial charge in [0.1, 0.15) is 5.75 Å². The molecule has 0 saturated heterocycles. The standard InChI is InChI=1S/C19H16N4O2/c1-24-15-6-3-13(4-7-15)17-10-21-18-11-20-16(12-23(17)18)14-5-8-19(25-2)22-9-14/h3-12H,1-2H3. The van der Waals surface area contributed by atoms with Crippen molar-refractivity contribution in [2.24, 2.45) is 0 Å². The van der Waals surface area contributed by atoms with Gasteiger partial charge in [-0.05, 0) is 30.3 Å². The average molecular weight is 332 g/mol. The maximum absolute atomic E-state index is 5.22. The summed E-state index contributed by atoms with van der Waals surface area (Å²) in [5, 5.41) is 0. The number of aromatic nitrogens is 4. The topological polar surface area (TPSA) is 61.5 Å². The van der Waals surface area contributed by atoms with Crippen LogP contribution in [0.3, 0.4) is 0 Å². The number of pyridine rings is 1. The highest BCUT2D eigenvalue weighted by Gasteiger charge is 2.09. The van der Waals surface area contributed by atoms with E-state index in [1.165, 1.54) is 0 Å². The maximum Gasteiger partial charge on any atom is 0.212 e. The second-order valence-corrected chi connectivity index (χ2v) is 5.46. The quantitative estimate of drug-likeness (QED) is 0.572. The van der Waals surface area contributed by atoms with Crippen LogP contribution in [-0.2, 0) is 0 Å². The zero-order chi connectivity index (χ0) is 17.2. The SMILES string of the molecule is COc1ccc(-c2cnc3cnc(-c4ccc(OC)nc4)cn23)cc1. The highest BCUT2D eigenvalue weighted by atomic mass is 16.5. The average Bonchev–Trinajstić information content (AvgIpc) is 3.11. The molecular formula is C19H16N4O2. The number of methoxy groups -OCH3 is 2. The summed E-state index contributed by atoms with van der Waals surface area (Å²) < 4.78 is 12.3. The van der Waals surface area contributed by atoms with Gasteiger partial charge in [-0.25, -0.2) is 9.97 Å². The van der Waals surface area contributed by atoms with Gasteiger partial charge in [0.25, 0.3) is 0 Å². The molecule has 0 saturated carbocycles. The lowest BCUT2D eigenvalue weighted by Gasteiger charge is -2.06. The fourth-order valence-corrected chi connectivity index (χ4v) is 2.67. The van der Waals surface area contributed by atoms with Crippen LogP contribution in [0.4, 0.5) is 0 Å². The zero-order valence-corrected chi connectivity index (χ0v) is 13.9. The van der Waals surface area contributed by atoms with E-state index in [0.717, 1.165) is 33.9 Å². The molecule has 0 unspecified atom stereocenters. The Hall–Kier alpha value is -3.41. The highest BCUT2D eigenvalue weighted by Crippen LogP contribution is 2.25. The molecule has 3 aromatic heterocycles. The molecule has 25 heavy (non-hydrogen) atoms. The van der Waals surface area contributed by atoms with E-state index >= 15 is 0 Å². The van der Waals surface area contributed by atoms with Gasteiger partial charge in [0, 0.05) is 29.6 Å². The van der Waals surface area contributed by atoms with E-state index in [9.17, 15) is 0 Å². The second kappa shape index (κ2) is 6.24. The minimum Gasteiger partial charge on any atom is -0.497 e. The van der Waals surface area contributed by atoms with Gasteiger partial charge in [0.05, 0.1) is 38.0 Å². The number of imidazole rings is 1. The van der Waals surface area contributed by atoms with Crippen molar-refractivity contribution in [1.82, 2.24) is 19.4 Å². The Morgan fingerprint density at radius 1 is 0.760 bits per heavy atom. The van der Waals surface area contributed by atoms with Crippen molar-refractivity contribution >= 4 is 5.65 Å². The molecule has 1 aromatic carbocycles. The Balaban J connectivity index is 1.78. The number of nitrogens with zero attached hydrogens (tertiary/aromatic N) is 4. The van der Waals surface area contributed by atoms with Gasteiger partial charge in [0.15, 0.2) is 5.65 Å². The Labute approximate surface area is 144 Å². The predicted octanol–water partition coefficient (Wildman–Crippen LogP) is 3.48. The molecule has 6 nitrogen and oxygen atoms in total. The van der Waals surface area contributed by atoms with E-state index < -0.39 is 0 Å². The first-order valence-corrected chi connectivity index (χ1v) is 7.76. The fraction of sp³-hybridized carbons (Fsp3) is 0.105. The van der Waals surface area contributed by atoms with E-state index in [2.05, 4.69) is 15.0 Å². The van der Waals surface area contributed by atoms with Crippen molar-refractivity contribution in [3.63, 3.8) is 0 Å². The van der Waals surface area contributed by atoms with E-state index in [4.69, 9.17) is 9.47 Å². The van der Waals surface area contributed by atoms with Crippen molar-refractivity contribution < 1.29 is 9.47 Å². The monoisotopic (exact) mass is 332 g/mol.